The minimum Gasteiger partial charge on any atom is -0.488 e. The lowest BCUT2D eigenvalue weighted by Crippen LogP contribution is -2.27. The Morgan fingerprint density at radius 2 is 2.00 bits per heavy atom. The molecule has 0 saturated heterocycles. The average Bonchev–Trinajstić information content (AvgIpc) is 2.32. The summed E-state index contributed by atoms with van der Waals surface area (Å²) in [7, 11) is 1.33. The molecule has 0 spiro atoms. The Labute approximate surface area is 108 Å². The van der Waals surface area contributed by atoms with Gasteiger partial charge >= 0.3 is 5.97 Å². The molecule has 18 heavy (non-hydrogen) atoms. The summed E-state index contributed by atoms with van der Waals surface area (Å²) in [5.74, 6) is 0.185. The molecule has 0 aliphatic carbocycles. The molecule has 0 aromatic heterocycles. The first kappa shape index (κ1) is 14.4. The number of nitrogen functional groups attached to an aromatic ring is 1. The number of rotatable bonds is 4. The Bertz CT molecular complexity index is 453. The van der Waals surface area contributed by atoms with Crippen LogP contribution in [-0.2, 0) is 4.74 Å². The highest BCUT2D eigenvalue weighted by atomic mass is 16.5. The number of hydrogen-bond acceptors (Lipinski definition) is 4. The monoisotopic (exact) mass is 251 g/mol. The van der Waals surface area contributed by atoms with Crippen LogP contribution in [0.4, 0.5) is 5.69 Å². The number of esters is 1. The molecule has 4 nitrogen and oxygen atoms in total. The van der Waals surface area contributed by atoms with Crippen LogP contribution in [0.25, 0.3) is 0 Å². The van der Waals surface area contributed by atoms with E-state index in [9.17, 15) is 4.79 Å². The van der Waals surface area contributed by atoms with E-state index in [2.05, 4.69) is 0 Å². The molecule has 0 fully saturated rings. The summed E-state index contributed by atoms with van der Waals surface area (Å²) in [5.41, 5.74) is 7.17. The van der Waals surface area contributed by atoms with E-state index in [0.717, 1.165) is 12.0 Å². The van der Waals surface area contributed by atoms with Crippen LogP contribution in [0.1, 0.15) is 43.1 Å². The first-order valence-electron chi connectivity index (χ1n) is 5.98. The number of nitrogens with two attached hydrogens (primary N) is 1. The Hall–Kier alpha value is -1.71. The van der Waals surface area contributed by atoms with Gasteiger partial charge in [0.1, 0.15) is 11.4 Å². The Balaban J connectivity index is 3.16. The van der Waals surface area contributed by atoms with Crippen LogP contribution < -0.4 is 10.5 Å². The van der Waals surface area contributed by atoms with E-state index >= 15 is 0 Å². The van der Waals surface area contributed by atoms with Crippen molar-refractivity contribution in [1.82, 2.24) is 0 Å². The van der Waals surface area contributed by atoms with Crippen molar-refractivity contribution in [2.24, 2.45) is 0 Å². The minimum atomic E-state index is -0.449. The molecule has 4 heteroatoms. The molecule has 0 heterocycles. The quantitative estimate of drug-likeness (QED) is 0.660. The van der Waals surface area contributed by atoms with Crippen LogP contribution in [0.15, 0.2) is 12.1 Å². The van der Waals surface area contributed by atoms with Gasteiger partial charge in [-0.2, -0.15) is 0 Å². The molecule has 0 atom stereocenters. The number of carbonyl (C=O) groups excluding carboxylic acids is 1. The summed E-state index contributed by atoms with van der Waals surface area (Å²) in [6, 6.07) is 3.46. The van der Waals surface area contributed by atoms with Gasteiger partial charge in [-0.1, -0.05) is 6.92 Å². The molecule has 0 unspecified atom stereocenters. The van der Waals surface area contributed by atoms with Gasteiger partial charge in [-0.25, -0.2) is 4.79 Å². The van der Waals surface area contributed by atoms with Crippen LogP contribution >= 0.6 is 0 Å². The minimum absolute atomic E-state index is 0.282. The van der Waals surface area contributed by atoms with Gasteiger partial charge in [0.25, 0.3) is 0 Å². The third kappa shape index (κ3) is 3.15. The molecule has 1 aromatic rings. The first-order valence-corrected chi connectivity index (χ1v) is 5.98. The third-order valence-corrected chi connectivity index (χ3v) is 3.01. The van der Waals surface area contributed by atoms with Crippen molar-refractivity contribution < 1.29 is 14.3 Å². The second kappa shape index (κ2) is 5.29. The summed E-state index contributed by atoms with van der Waals surface area (Å²) in [6.07, 6.45) is 0.865. The molecule has 0 aliphatic rings. The Morgan fingerprint density at radius 1 is 1.39 bits per heavy atom. The molecule has 1 rings (SSSR count). The highest BCUT2D eigenvalue weighted by Gasteiger charge is 2.20. The molecular weight excluding hydrogens is 230 g/mol. The predicted molar refractivity (Wildman–Crippen MR) is 71.9 cm³/mol. The topological polar surface area (TPSA) is 61.5 Å². The number of anilines is 1. The normalized spacial score (nSPS) is 11.2. The van der Waals surface area contributed by atoms with Crippen LogP contribution in [0.2, 0.25) is 0 Å². The van der Waals surface area contributed by atoms with E-state index in [-0.39, 0.29) is 5.60 Å². The number of carbonyl (C=O) groups is 1. The summed E-state index contributed by atoms with van der Waals surface area (Å²) in [6.45, 7) is 7.88. The summed E-state index contributed by atoms with van der Waals surface area (Å²) in [4.78, 5) is 11.6. The van der Waals surface area contributed by atoms with Crippen molar-refractivity contribution in [3.8, 4) is 5.75 Å². The highest BCUT2D eigenvalue weighted by molar-refractivity contribution is 5.96. The standard InChI is InChI=1S/C14H21NO3/c1-6-14(3,4)18-10-7-9(2)12(15)11(8-10)13(16)17-5/h7-8H,6,15H2,1-5H3. The van der Waals surface area contributed by atoms with E-state index in [1.54, 1.807) is 6.07 Å². The number of aryl methyl sites for hydroxylation is 1. The molecule has 0 bridgehead atoms. The van der Waals surface area contributed by atoms with Gasteiger partial charge < -0.3 is 15.2 Å². The summed E-state index contributed by atoms with van der Waals surface area (Å²) >= 11 is 0. The first-order chi connectivity index (χ1) is 8.30. The zero-order valence-corrected chi connectivity index (χ0v) is 11.7. The second-order valence-electron chi connectivity index (χ2n) is 4.91. The number of methoxy groups -OCH3 is 1. The number of benzene rings is 1. The van der Waals surface area contributed by atoms with Gasteiger partial charge in [-0.05, 0) is 44.9 Å². The van der Waals surface area contributed by atoms with Crippen molar-refractivity contribution in [1.29, 1.82) is 0 Å². The third-order valence-electron chi connectivity index (χ3n) is 3.01. The van der Waals surface area contributed by atoms with Gasteiger partial charge in [0.05, 0.1) is 12.7 Å². The second-order valence-corrected chi connectivity index (χ2v) is 4.91. The number of ether oxygens (including phenoxy) is 2. The molecule has 0 aliphatic heterocycles. The fraction of sp³-hybridized carbons (Fsp3) is 0.500. The van der Waals surface area contributed by atoms with Gasteiger partial charge in [0.2, 0.25) is 0 Å². The van der Waals surface area contributed by atoms with E-state index < -0.39 is 5.97 Å². The van der Waals surface area contributed by atoms with Gasteiger partial charge in [-0.15, -0.1) is 0 Å². The molecule has 100 valence electrons. The number of hydrogen-bond donors (Lipinski definition) is 1. The largest absolute Gasteiger partial charge is 0.488 e. The smallest absolute Gasteiger partial charge is 0.340 e. The fourth-order valence-electron chi connectivity index (χ4n) is 1.49. The Morgan fingerprint density at radius 3 is 2.50 bits per heavy atom. The van der Waals surface area contributed by atoms with E-state index in [4.69, 9.17) is 15.2 Å². The van der Waals surface area contributed by atoms with E-state index in [1.807, 2.05) is 33.8 Å². The zero-order valence-electron chi connectivity index (χ0n) is 11.7. The Kier molecular flexibility index (Phi) is 4.22. The molecule has 2 N–H and O–H groups in total. The highest BCUT2D eigenvalue weighted by Crippen LogP contribution is 2.28. The molecular formula is C14H21NO3. The average molecular weight is 251 g/mol. The van der Waals surface area contributed by atoms with E-state index in [0.29, 0.717) is 17.0 Å². The summed E-state index contributed by atoms with van der Waals surface area (Å²) < 4.78 is 10.6. The van der Waals surface area contributed by atoms with Gasteiger partial charge in [-0.3, -0.25) is 0 Å². The van der Waals surface area contributed by atoms with Gasteiger partial charge in [0.15, 0.2) is 0 Å². The maximum Gasteiger partial charge on any atom is 0.340 e. The molecule has 0 saturated carbocycles. The van der Waals surface area contributed by atoms with Gasteiger partial charge in [0, 0.05) is 5.69 Å². The summed E-state index contributed by atoms with van der Waals surface area (Å²) in [5, 5.41) is 0. The molecule has 0 amide bonds. The van der Waals surface area contributed by atoms with Crippen molar-refractivity contribution in [3.63, 3.8) is 0 Å². The van der Waals surface area contributed by atoms with Crippen molar-refractivity contribution >= 4 is 11.7 Å². The SMILES string of the molecule is CCC(C)(C)Oc1cc(C)c(N)c(C(=O)OC)c1. The van der Waals surface area contributed by atoms with Crippen molar-refractivity contribution in [2.45, 2.75) is 39.7 Å². The molecule has 0 radical (unpaired) electrons. The van der Waals surface area contributed by atoms with Crippen LogP contribution in [0.3, 0.4) is 0 Å². The van der Waals surface area contributed by atoms with Crippen LogP contribution in [0.5, 0.6) is 5.75 Å². The predicted octanol–water partition coefficient (Wildman–Crippen LogP) is 2.93. The zero-order chi connectivity index (χ0) is 13.9. The maximum absolute atomic E-state index is 11.6. The van der Waals surface area contributed by atoms with Crippen molar-refractivity contribution in [2.75, 3.05) is 12.8 Å². The van der Waals surface area contributed by atoms with Crippen LogP contribution in [0, 0.1) is 6.92 Å². The fourth-order valence-corrected chi connectivity index (χ4v) is 1.49. The lowest BCUT2D eigenvalue weighted by Gasteiger charge is -2.25. The van der Waals surface area contributed by atoms with Crippen LogP contribution in [-0.4, -0.2) is 18.7 Å². The molecule has 1 aromatic carbocycles. The maximum atomic E-state index is 11.6. The lowest BCUT2D eigenvalue weighted by molar-refractivity contribution is 0.0599. The lowest BCUT2D eigenvalue weighted by atomic mass is 10.0. The van der Waals surface area contributed by atoms with Crippen molar-refractivity contribution in [3.05, 3.63) is 23.3 Å². The van der Waals surface area contributed by atoms with E-state index in [1.165, 1.54) is 7.11 Å².